The highest BCUT2D eigenvalue weighted by Crippen LogP contribution is 2.33. The Bertz CT molecular complexity index is 1410. The van der Waals surface area contributed by atoms with E-state index in [4.69, 9.17) is 18.6 Å². The normalized spacial score (nSPS) is 16.9. The van der Waals surface area contributed by atoms with Crippen molar-refractivity contribution in [3.05, 3.63) is 77.7 Å². The van der Waals surface area contributed by atoms with Crippen LogP contribution in [0.4, 0.5) is 0 Å². The Morgan fingerprint density at radius 2 is 1.77 bits per heavy atom. The minimum atomic E-state index is -3.98. The molecule has 1 atom stereocenters. The summed E-state index contributed by atoms with van der Waals surface area (Å²) in [6.45, 7) is 7.18. The van der Waals surface area contributed by atoms with Crippen molar-refractivity contribution in [1.29, 1.82) is 0 Å². The van der Waals surface area contributed by atoms with Crippen LogP contribution >= 0.6 is 0 Å². The van der Waals surface area contributed by atoms with Crippen LogP contribution in [-0.2, 0) is 38.1 Å². The van der Waals surface area contributed by atoms with Crippen molar-refractivity contribution in [3.8, 4) is 11.5 Å². The van der Waals surface area contributed by atoms with E-state index in [9.17, 15) is 13.2 Å². The number of carbonyl (C=O) groups excluding carboxylic acids is 1. The zero-order valence-electron chi connectivity index (χ0n) is 23.2. The lowest BCUT2D eigenvalue weighted by Gasteiger charge is -2.28. The number of benzene rings is 2. The fourth-order valence-corrected chi connectivity index (χ4v) is 6.29. The Morgan fingerprint density at radius 3 is 2.45 bits per heavy atom. The third-order valence-electron chi connectivity index (χ3n) is 7.19. The van der Waals surface area contributed by atoms with Gasteiger partial charge in [-0.3, -0.25) is 4.79 Å². The van der Waals surface area contributed by atoms with Crippen LogP contribution in [0.5, 0.6) is 11.5 Å². The quantitative estimate of drug-likeness (QED) is 0.350. The number of carbonyl (C=O) groups is 1. The molecule has 2 aliphatic rings. The highest BCUT2D eigenvalue weighted by atomic mass is 32.2. The second-order valence-corrected chi connectivity index (χ2v) is 13.2. The molecule has 3 heterocycles. The maximum absolute atomic E-state index is 13.9. The van der Waals surface area contributed by atoms with Gasteiger partial charge in [-0.2, -0.15) is 4.31 Å². The van der Waals surface area contributed by atoms with E-state index in [2.05, 4.69) is 20.8 Å². The zero-order valence-corrected chi connectivity index (χ0v) is 24.0. The highest BCUT2D eigenvalue weighted by molar-refractivity contribution is 7.89. The van der Waals surface area contributed by atoms with Crippen LogP contribution in [0, 0.1) is 0 Å². The third-order valence-corrected chi connectivity index (χ3v) is 9.02. The standard InChI is InChI=1S/C30H36N2O7S/c1-30(2,3)23-9-11-26(12-10-23)40(34,35)32(19-25-7-5-15-37-25)20-29(33)31(18-24-6-4-14-36-24)17-22-8-13-27-28(16-22)39-21-38-27/h4,6,8-14,16,25H,5,7,15,17-21H2,1-3H3/t25-/m0/s1. The van der Waals surface area contributed by atoms with Crippen molar-refractivity contribution in [2.75, 3.05) is 26.5 Å². The molecule has 0 N–H and O–H groups in total. The first-order valence-electron chi connectivity index (χ1n) is 13.5. The first-order chi connectivity index (χ1) is 19.1. The molecule has 1 aromatic heterocycles. The molecule has 0 spiro atoms. The fourth-order valence-electron chi connectivity index (χ4n) is 4.87. The molecule has 0 aliphatic carbocycles. The number of furan rings is 1. The van der Waals surface area contributed by atoms with Crippen LogP contribution in [0.15, 0.2) is 70.2 Å². The SMILES string of the molecule is CC(C)(C)c1ccc(S(=O)(=O)N(CC(=O)N(Cc2ccc3c(c2)OCO3)Cc2ccco2)C[C@@H]2CCCO2)cc1. The number of sulfonamides is 1. The van der Waals surface area contributed by atoms with Crippen LogP contribution in [0.3, 0.4) is 0 Å². The summed E-state index contributed by atoms with van der Waals surface area (Å²) in [7, 11) is -3.98. The van der Waals surface area contributed by atoms with Crippen molar-refractivity contribution in [2.45, 2.75) is 63.1 Å². The van der Waals surface area contributed by atoms with E-state index in [1.807, 2.05) is 30.3 Å². The average Bonchev–Trinajstić information content (AvgIpc) is 3.70. The molecule has 214 valence electrons. The molecule has 1 fully saturated rings. The number of fused-ring (bicyclic) bond motifs is 1. The predicted octanol–water partition coefficient (Wildman–Crippen LogP) is 4.70. The first kappa shape index (κ1) is 28.2. The second kappa shape index (κ2) is 11.6. The van der Waals surface area contributed by atoms with Gasteiger partial charge in [0, 0.05) is 19.7 Å². The van der Waals surface area contributed by atoms with Crippen molar-refractivity contribution in [2.24, 2.45) is 0 Å². The molecule has 9 nitrogen and oxygen atoms in total. The van der Waals surface area contributed by atoms with E-state index in [1.165, 1.54) is 4.31 Å². The molecule has 2 aromatic carbocycles. The number of nitrogens with zero attached hydrogens (tertiary/aromatic N) is 2. The van der Waals surface area contributed by atoms with Crippen LogP contribution in [-0.4, -0.2) is 56.1 Å². The third kappa shape index (κ3) is 6.51. The summed E-state index contributed by atoms with van der Waals surface area (Å²) in [5.41, 5.74) is 1.74. The maximum Gasteiger partial charge on any atom is 0.243 e. The second-order valence-electron chi connectivity index (χ2n) is 11.2. The predicted molar refractivity (Wildman–Crippen MR) is 148 cm³/mol. The van der Waals surface area contributed by atoms with Gasteiger partial charge in [-0.25, -0.2) is 8.42 Å². The molecule has 1 amide bonds. The van der Waals surface area contributed by atoms with Crippen molar-refractivity contribution >= 4 is 15.9 Å². The van der Waals surface area contributed by atoms with E-state index in [0.717, 1.165) is 24.0 Å². The van der Waals surface area contributed by atoms with Gasteiger partial charge in [0.15, 0.2) is 11.5 Å². The molecule has 2 aliphatic heterocycles. The molecule has 0 bridgehead atoms. The minimum absolute atomic E-state index is 0.105. The van der Waals surface area contributed by atoms with Gasteiger partial charge in [-0.1, -0.05) is 39.0 Å². The zero-order chi connectivity index (χ0) is 28.3. The Kier molecular flexibility index (Phi) is 8.21. The molecule has 3 aromatic rings. The summed E-state index contributed by atoms with van der Waals surface area (Å²) in [4.78, 5) is 15.6. The molecule has 10 heteroatoms. The number of ether oxygens (including phenoxy) is 3. The van der Waals surface area contributed by atoms with E-state index < -0.39 is 10.0 Å². The van der Waals surface area contributed by atoms with Crippen LogP contribution in [0.2, 0.25) is 0 Å². The lowest BCUT2D eigenvalue weighted by atomic mass is 9.87. The van der Waals surface area contributed by atoms with Gasteiger partial charge in [0.05, 0.1) is 30.4 Å². The Labute approximate surface area is 235 Å². The topological polar surface area (TPSA) is 98.5 Å². The average molecular weight is 569 g/mol. The minimum Gasteiger partial charge on any atom is -0.467 e. The van der Waals surface area contributed by atoms with Gasteiger partial charge in [0.1, 0.15) is 5.76 Å². The number of amides is 1. The molecular weight excluding hydrogens is 532 g/mol. The van der Waals surface area contributed by atoms with Gasteiger partial charge in [-0.05, 0) is 65.8 Å². The lowest BCUT2D eigenvalue weighted by Crippen LogP contribution is -2.45. The van der Waals surface area contributed by atoms with Gasteiger partial charge in [0.25, 0.3) is 0 Å². The Morgan fingerprint density at radius 1 is 1.00 bits per heavy atom. The van der Waals surface area contributed by atoms with E-state index >= 15 is 0 Å². The fraction of sp³-hybridized carbons (Fsp3) is 0.433. The summed E-state index contributed by atoms with van der Waals surface area (Å²) >= 11 is 0. The van der Waals surface area contributed by atoms with Crippen molar-refractivity contribution < 1.29 is 31.8 Å². The first-order valence-corrected chi connectivity index (χ1v) is 14.9. The van der Waals surface area contributed by atoms with E-state index in [-0.39, 0.29) is 55.3 Å². The highest BCUT2D eigenvalue weighted by Gasteiger charge is 2.33. The molecule has 40 heavy (non-hydrogen) atoms. The van der Waals surface area contributed by atoms with Gasteiger partial charge < -0.3 is 23.5 Å². The molecule has 5 rings (SSSR count). The van der Waals surface area contributed by atoms with E-state index in [1.54, 1.807) is 35.4 Å². The lowest BCUT2D eigenvalue weighted by molar-refractivity contribution is -0.133. The summed E-state index contributed by atoms with van der Waals surface area (Å²) in [6.07, 6.45) is 2.90. The van der Waals surface area contributed by atoms with Crippen LogP contribution in [0.25, 0.3) is 0 Å². The van der Waals surface area contributed by atoms with Crippen LogP contribution < -0.4 is 9.47 Å². The van der Waals surface area contributed by atoms with Gasteiger partial charge in [-0.15, -0.1) is 0 Å². The molecule has 0 saturated carbocycles. The number of rotatable bonds is 10. The number of hydrogen-bond acceptors (Lipinski definition) is 7. The van der Waals surface area contributed by atoms with Crippen LogP contribution in [0.1, 0.15) is 50.5 Å². The maximum atomic E-state index is 13.9. The summed E-state index contributed by atoms with van der Waals surface area (Å²) in [6, 6.07) is 16.0. The largest absolute Gasteiger partial charge is 0.467 e. The summed E-state index contributed by atoms with van der Waals surface area (Å²) < 4.78 is 51.3. The summed E-state index contributed by atoms with van der Waals surface area (Å²) in [5, 5.41) is 0. The van der Waals surface area contributed by atoms with Crippen molar-refractivity contribution in [1.82, 2.24) is 9.21 Å². The molecule has 0 radical (unpaired) electrons. The van der Waals surface area contributed by atoms with Gasteiger partial charge >= 0.3 is 0 Å². The number of hydrogen-bond donors (Lipinski definition) is 0. The Hall–Kier alpha value is -3.34. The molecular formula is C30H36N2O7S. The van der Waals surface area contributed by atoms with E-state index in [0.29, 0.717) is 23.9 Å². The Balaban J connectivity index is 1.40. The molecule has 0 unspecified atom stereocenters. The molecule has 1 saturated heterocycles. The summed E-state index contributed by atoms with van der Waals surface area (Å²) in [5.74, 6) is 1.52. The van der Waals surface area contributed by atoms with Gasteiger partial charge in [0.2, 0.25) is 22.7 Å². The monoisotopic (exact) mass is 568 g/mol. The smallest absolute Gasteiger partial charge is 0.243 e. The van der Waals surface area contributed by atoms with Crippen molar-refractivity contribution in [3.63, 3.8) is 0 Å².